The lowest BCUT2D eigenvalue weighted by atomic mass is 10.5. The van der Waals surface area contributed by atoms with Crippen LogP contribution in [-0.4, -0.2) is 78.6 Å². The lowest BCUT2D eigenvalue weighted by molar-refractivity contribution is 0.0405. The molecule has 0 saturated carbocycles. The molecule has 3 N–H and O–H groups in total. The maximum absolute atomic E-state index is 8.52. The molecule has 0 aromatic heterocycles. The molecule has 24 heavy (non-hydrogen) atoms. The summed E-state index contributed by atoms with van der Waals surface area (Å²) in [6.45, 7) is 9.90. The molecule has 144 valence electrons. The second kappa shape index (κ2) is 12.3. The van der Waals surface area contributed by atoms with Gasteiger partial charge in [0.2, 0.25) is 0 Å². The van der Waals surface area contributed by atoms with Crippen LogP contribution in [0.3, 0.4) is 0 Å². The van der Waals surface area contributed by atoms with Gasteiger partial charge in [-0.25, -0.2) is 0 Å². The fraction of sp³-hybridized carbons (Fsp3) is 1.00. The SMILES string of the molecule is CCO[Si](CCCN)(OCC)OCC.OCC1OC1OCC1CO1. The quantitative estimate of drug-likeness (QED) is 0.358. The molecule has 2 fully saturated rings. The van der Waals surface area contributed by atoms with Gasteiger partial charge < -0.3 is 38.3 Å². The van der Waals surface area contributed by atoms with E-state index in [1.807, 2.05) is 20.8 Å². The monoisotopic (exact) mass is 367 g/mol. The highest BCUT2D eigenvalue weighted by molar-refractivity contribution is 6.60. The van der Waals surface area contributed by atoms with Crippen LogP contribution in [-0.2, 0) is 27.5 Å². The Morgan fingerprint density at radius 3 is 2.08 bits per heavy atom. The van der Waals surface area contributed by atoms with Gasteiger partial charge in [0, 0.05) is 25.9 Å². The van der Waals surface area contributed by atoms with E-state index in [-0.39, 0.29) is 25.1 Å². The van der Waals surface area contributed by atoms with Crippen molar-refractivity contribution in [3.8, 4) is 0 Å². The first kappa shape index (κ1) is 21.9. The molecule has 2 rings (SSSR count). The fourth-order valence-electron chi connectivity index (χ4n) is 2.09. The van der Waals surface area contributed by atoms with E-state index in [9.17, 15) is 0 Å². The van der Waals surface area contributed by atoms with E-state index in [1.165, 1.54) is 0 Å². The Hall–Kier alpha value is -0.103. The number of ether oxygens (including phenoxy) is 3. The number of hydrogen-bond acceptors (Lipinski definition) is 8. The summed E-state index contributed by atoms with van der Waals surface area (Å²) in [5.74, 6) is 0. The zero-order valence-electron chi connectivity index (χ0n) is 15.1. The van der Waals surface area contributed by atoms with Gasteiger partial charge in [-0.2, -0.15) is 0 Å². The molecule has 2 aliphatic heterocycles. The summed E-state index contributed by atoms with van der Waals surface area (Å²) in [7, 11) is -2.40. The lowest BCUT2D eigenvalue weighted by Gasteiger charge is -2.28. The summed E-state index contributed by atoms with van der Waals surface area (Å²) in [6.07, 6.45) is 0.920. The van der Waals surface area contributed by atoms with E-state index in [0.717, 1.165) is 19.1 Å². The summed E-state index contributed by atoms with van der Waals surface area (Å²) in [5.41, 5.74) is 5.48. The summed E-state index contributed by atoms with van der Waals surface area (Å²) >= 11 is 0. The predicted octanol–water partition coefficient (Wildman–Crippen LogP) is 0.503. The van der Waals surface area contributed by atoms with Crippen LogP contribution >= 0.6 is 0 Å². The van der Waals surface area contributed by atoms with E-state index in [4.69, 9.17) is 38.3 Å². The first-order valence-corrected chi connectivity index (χ1v) is 10.7. The summed E-state index contributed by atoms with van der Waals surface area (Å²) in [5, 5.41) is 8.52. The molecule has 8 nitrogen and oxygen atoms in total. The van der Waals surface area contributed by atoms with Gasteiger partial charge in [-0.1, -0.05) is 0 Å². The fourth-order valence-corrected chi connectivity index (χ4v) is 4.73. The van der Waals surface area contributed by atoms with Crippen LogP contribution in [0.4, 0.5) is 0 Å². The summed E-state index contributed by atoms with van der Waals surface area (Å²) in [6, 6.07) is 0.818. The Balaban J connectivity index is 0.000000250. The van der Waals surface area contributed by atoms with Crippen molar-refractivity contribution in [2.24, 2.45) is 5.73 Å². The minimum atomic E-state index is -2.40. The Morgan fingerprint density at radius 1 is 1.12 bits per heavy atom. The van der Waals surface area contributed by atoms with Gasteiger partial charge >= 0.3 is 8.80 Å². The zero-order valence-corrected chi connectivity index (χ0v) is 16.1. The average molecular weight is 368 g/mol. The van der Waals surface area contributed by atoms with Gasteiger partial charge in [0.05, 0.1) is 19.8 Å². The molecule has 0 radical (unpaired) electrons. The Kier molecular flexibility index (Phi) is 11.2. The van der Waals surface area contributed by atoms with Crippen molar-refractivity contribution >= 4 is 8.80 Å². The third-order valence-corrected chi connectivity index (χ3v) is 6.50. The third kappa shape index (κ3) is 8.84. The molecule has 0 bridgehead atoms. The van der Waals surface area contributed by atoms with Crippen LogP contribution in [0.1, 0.15) is 27.2 Å². The van der Waals surface area contributed by atoms with Crippen LogP contribution in [0.5, 0.6) is 0 Å². The number of aliphatic hydroxyl groups is 1. The highest BCUT2D eigenvalue weighted by Crippen LogP contribution is 2.24. The van der Waals surface area contributed by atoms with Crippen LogP contribution < -0.4 is 5.73 Å². The molecular formula is C15H33NO7Si. The summed E-state index contributed by atoms with van der Waals surface area (Å²) < 4.78 is 32.0. The van der Waals surface area contributed by atoms with E-state index in [0.29, 0.717) is 33.0 Å². The van der Waals surface area contributed by atoms with Crippen LogP contribution in [0, 0.1) is 0 Å². The van der Waals surface area contributed by atoms with Crippen molar-refractivity contribution in [3.05, 3.63) is 0 Å². The largest absolute Gasteiger partial charge is 0.500 e. The van der Waals surface area contributed by atoms with Crippen LogP contribution in [0.25, 0.3) is 0 Å². The van der Waals surface area contributed by atoms with Gasteiger partial charge in [0.1, 0.15) is 12.2 Å². The maximum Gasteiger partial charge on any atom is 0.500 e. The van der Waals surface area contributed by atoms with Crippen LogP contribution in [0.15, 0.2) is 0 Å². The van der Waals surface area contributed by atoms with Crippen molar-refractivity contribution < 1.29 is 32.6 Å². The highest BCUT2D eigenvalue weighted by Gasteiger charge is 2.41. The Morgan fingerprint density at radius 2 is 1.71 bits per heavy atom. The molecule has 2 aliphatic rings. The molecule has 0 aliphatic carbocycles. The molecule has 3 unspecified atom stereocenters. The second-order valence-electron chi connectivity index (χ2n) is 5.39. The van der Waals surface area contributed by atoms with E-state index >= 15 is 0 Å². The smallest absolute Gasteiger partial charge is 0.393 e. The standard InChI is InChI=1S/C9H23NO3Si.C6H10O4/c1-4-11-14(12-5-2,13-6-3)9-7-8-10;7-1-5-6(10-5)9-3-4-2-8-4/h4-10H2,1-3H3;4-7H,1-3H2. The minimum absolute atomic E-state index is 0.0518. The molecule has 0 amide bonds. The highest BCUT2D eigenvalue weighted by atomic mass is 28.4. The zero-order chi connectivity index (χ0) is 17.8. The van der Waals surface area contributed by atoms with Crippen molar-refractivity contribution in [2.75, 3.05) is 46.2 Å². The lowest BCUT2D eigenvalue weighted by Crippen LogP contribution is -2.46. The molecule has 2 heterocycles. The van der Waals surface area contributed by atoms with Gasteiger partial charge in [0.25, 0.3) is 0 Å². The predicted molar refractivity (Wildman–Crippen MR) is 90.5 cm³/mol. The van der Waals surface area contributed by atoms with E-state index in [2.05, 4.69) is 0 Å². The van der Waals surface area contributed by atoms with Crippen molar-refractivity contribution in [2.45, 2.75) is 51.7 Å². The molecule has 0 aromatic carbocycles. The normalized spacial score (nSPS) is 25.1. The molecule has 9 heteroatoms. The Bertz CT molecular complexity index is 303. The molecule has 3 atom stereocenters. The number of nitrogens with two attached hydrogens (primary N) is 1. The topological polar surface area (TPSA) is 108 Å². The minimum Gasteiger partial charge on any atom is -0.393 e. The van der Waals surface area contributed by atoms with Gasteiger partial charge in [-0.05, 0) is 33.7 Å². The van der Waals surface area contributed by atoms with Gasteiger partial charge in [-0.15, -0.1) is 0 Å². The molecular weight excluding hydrogens is 334 g/mol. The van der Waals surface area contributed by atoms with Crippen molar-refractivity contribution in [1.29, 1.82) is 0 Å². The second-order valence-corrected chi connectivity index (χ2v) is 8.12. The van der Waals surface area contributed by atoms with Crippen LogP contribution in [0.2, 0.25) is 6.04 Å². The Labute approximate surface area is 145 Å². The first-order valence-electron chi connectivity index (χ1n) is 8.76. The average Bonchev–Trinajstić information content (AvgIpc) is 3.47. The summed E-state index contributed by atoms with van der Waals surface area (Å²) in [4.78, 5) is 0. The van der Waals surface area contributed by atoms with E-state index in [1.54, 1.807) is 0 Å². The number of aliphatic hydroxyl groups excluding tert-OH is 1. The molecule has 0 aromatic rings. The molecule has 0 spiro atoms. The number of rotatable bonds is 13. The number of epoxide rings is 2. The third-order valence-electron chi connectivity index (χ3n) is 3.34. The number of hydrogen-bond donors (Lipinski definition) is 2. The van der Waals surface area contributed by atoms with Crippen molar-refractivity contribution in [3.63, 3.8) is 0 Å². The first-order chi connectivity index (χ1) is 11.6. The van der Waals surface area contributed by atoms with Crippen molar-refractivity contribution in [1.82, 2.24) is 0 Å². The maximum atomic E-state index is 8.52. The molecule has 2 saturated heterocycles. The van der Waals surface area contributed by atoms with E-state index < -0.39 is 8.80 Å². The van der Waals surface area contributed by atoms with Gasteiger partial charge in [0.15, 0.2) is 6.29 Å². The van der Waals surface area contributed by atoms with Gasteiger partial charge in [-0.3, -0.25) is 0 Å².